The predicted octanol–water partition coefficient (Wildman–Crippen LogP) is 1.72. The van der Waals surface area contributed by atoms with Crippen LogP contribution in [0.1, 0.15) is 29.3 Å². The van der Waals surface area contributed by atoms with Gasteiger partial charge in [0.15, 0.2) is 6.21 Å². The van der Waals surface area contributed by atoms with Gasteiger partial charge >= 0.3 is 0 Å². The van der Waals surface area contributed by atoms with E-state index in [1.807, 2.05) is 13.0 Å². The molecule has 5 N–H and O–H groups in total. The van der Waals surface area contributed by atoms with Crippen LogP contribution in [-0.4, -0.2) is 47.9 Å². The monoisotopic (exact) mass is 455 g/mol. The number of nitrogens with one attached hydrogen (secondary N) is 1. The van der Waals surface area contributed by atoms with Gasteiger partial charge in [0.25, 0.3) is 0 Å². The smallest absolute Gasteiger partial charge is 0.249 e. The van der Waals surface area contributed by atoms with Crippen molar-refractivity contribution in [3.8, 4) is 5.75 Å². The topological polar surface area (TPSA) is 128 Å². The molecule has 0 aliphatic heterocycles. The maximum Gasteiger partial charge on any atom is 0.249 e. The molecule has 0 spiro atoms. The lowest BCUT2D eigenvalue weighted by Gasteiger charge is -2.26. The van der Waals surface area contributed by atoms with E-state index >= 15 is 0 Å². The largest absolute Gasteiger partial charge is 0.494 e. The standard InChI is InChI=1S/C22H26N6O3S/c1-4-28(31-3)22(29)12-5-6-14-18(8-12)32-21-19(14)20(25-11-26-21)27-16-7-13(10-23)15(24)9-17(16)30-2/h7,9-12,23H,4-6,8,24H2,1-3H3,(H,25,26,27)/p+1/t12-/m0/s1. The normalized spacial score (nSPS) is 15.3. The maximum atomic E-state index is 12.8. The molecule has 0 saturated carbocycles. The lowest BCUT2D eigenvalue weighted by molar-refractivity contribution is -0.179. The number of amides is 1. The van der Waals surface area contributed by atoms with Crippen LogP contribution in [-0.2, 0) is 22.5 Å². The lowest BCUT2D eigenvalue weighted by atomic mass is 9.87. The number of thiophene rings is 1. The Bertz CT molecular complexity index is 1170. The summed E-state index contributed by atoms with van der Waals surface area (Å²) in [6.45, 7) is 2.43. The van der Waals surface area contributed by atoms with Gasteiger partial charge in [0.05, 0.1) is 30.9 Å². The number of anilines is 3. The molecule has 2 aromatic heterocycles. The summed E-state index contributed by atoms with van der Waals surface area (Å²) in [5, 5.41) is 11.5. The number of nitrogens with zero attached hydrogens (tertiary/aromatic N) is 3. The average Bonchev–Trinajstić information content (AvgIpc) is 3.19. The van der Waals surface area contributed by atoms with Crippen molar-refractivity contribution in [2.45, 2.75) is 26.2 Å². The summed E-state index contributed by atoms with van der Waals surface area (Å²) in [6, 6.07) is 3.56. The zero-order valence-corrected chi connectivity index (χ0v) is 19.2. The first-order valence-electron chi connectivity index (χ1n) is 10.4. The van der Waals surface area contributed by atoms with E-state index in [1.54, 1.807) is 30.8 Å². The Morgan fingerprint density at radius 2 is 2.22 bits per heavy atom. The van der Waals surface area contributed by atoms with Crippen LogP contribution < -0.4 is 21.2 Å². The van der Waals surface area contributed by atoms with Gasteiger partial charge in [0.2, 0.25) is 5.91 Å². The molecule has 9 nitrogen and oxygen atoms in total. The Balaban J connectivity index is 1.70. The van der Waals surface area contributed by atoms with Crippen molar-refractivity contribution in [2.75, 3.05) is 31.8 Å². The molecule has 2 heterocycles. The van der Waals surface area contributed by atoms with E-state index in [1.165, 1.54) is 28.8 Å². The molecule has 10 heteroatoms. The molecule has 4 rings (SSSR count). The number of ether oxygens (including phenoxy) is 1. The van der Waals surface area contributed by atoms with E-state index in [2.05, 4.69) is 15.3 Å². The van der Waals surface area contributed by atoms with Gasteiger partial charge in [-0.05, 0) is 37.8 Å². The second-order valence-electron chi connectivity index (χ2n) is 7.53. The number of hydrogen-bond acceptors (Lipinski definition) is 8. The molecule has 1 aromatic carbocycles. The zero-order chi connectivity index (χ0) is 22.8. The van der Waals surface area contributed by atoms with Crippen LogP contribution in [0, 0.1) is 5.92 Å². The third-order valence-corrected chi connectivity index (χ3v) is 6.95. The summed E-state index contributed by atoms with van der Waals surface area (Å²) in [6.07, 6.45) is 5.20. The van der Waals surface area contributed by atoms with Crippen LogP contribution in [0.5, 0.6) is 5.75 Å². The van der Waals surface area contributed by atoms with Gasteiger partial charge in [-0.2, -0.15) is 0 Å². The highest BCUT2D eigenvalue weighted by Gasteiger charge is 2.31. The Morgan fingerprint density at radius 3 is 2.91 bits per heavy atom. The molecule has 0 saturated heterocycles. The summed E-state index contributed by atoms with van der Waals surface area (Å²) in [5.41, 5.74) is 9.16. The highest BCUT2D eigenvalue weighted by molar-refractivity contribution is 7.19. The van der Waals surface area contributed by atoms with Gasteiger partial charge in [-0.1, -0.05) is 0 Å². The first-order chi connectivity index (χ1) is 15.5. The number of nitrogen functional groups attached to an aromatic ring is 1. The van der Waals surface area contributed by atoms with Crippen molar-refractivity contribution in [1.29, 1.82) is 0 Å². The maximum absolute atomic E-state index is 12.8. The number of hydrogen-bond donors (Lipinski definition) is 3. The van der Waals surface area contributed by atoms with Crippen LogP contribution >= 0.6 is 11.3 Å². The van der Waals surface area contributed by atoms with Gasteiger partial charge in [-0.15, -0.1) is 11.3 Å². The quantitative estimate of drug-likeness (QED) is 0.281. The molecule has 1 amide bonds. The number of benzene rings is 1. The summed E-state index contributed by atoms with van der Waals surface area (Å²) < 4.78 is 5.50. The third-order valence-electron chi connectivity index (χ3n) is 5.79. The lowest BCUT2D eigenvalue weighted by Crippen LogP contribution is -2.37. The Hall–Kier alpha value is -3.24. The highest BCUT2D eigenvalue weighted by atomic mass is 32.1. The number of methoxy groups -OCH3 is 1. The average molecular weight is 456 g/mol. The number of carbonyl (C=O) groups excluding carboxylic acids is 1. The summed E-state index contributed by atoms with van der Waals surface area (Å²) in [4.78, 5) is 29.0. The Labute approximate surface area is 190 Å². The zero-order valence-electron chi connectivity index (χ0n) is 18.3. The number of nitrogens with two attached hydrogens (primary N) is 2. The van der Waals surface area contributed by atoms with E-state index < -0.39 is 0 Å². The van der Waals surface area contributed by atoms with Gasteiger partial charge in [0.1, 0.15) is 22.7 Å². The van der Waals surface area contributed by atoms with Crippen LogP contribution in [0.3, 0.4) is 0 Å². The SMILES string of the molecule is CCN(OC)C(=O)[C@H]1CCc2c(sc3ncnc(Nc4cc(C=[NH2+])c(N)cc4OC)c23)C1. The molecular formula is C22H27N6O3S+. The Kier molecular flexibility index (Phi) is 6.24. The van der Waals surface area contributed by atoms with Crippen LogP contribution in [0.4, 0.5) is 17.2 Å². The molecule has 0 radical (unpaired) electrons. The molecule has 1 aliphatic carbocycles. The number of aromatic nitrogens is 2. The van der Waals surface area contributed by atoms with E-state index in [-0.39, 0.29) is 11.8 Å². The number of carbonyl (C=O) groups is 1. The van der Waals surface area contributed by atoms with Crippen LogP contribution in [0.15, 0.2) is 18.5 Å². The molecule has 0 fully saturated rings. The molecule has 0 unspecified atom stereocenters. The minimum Gasteiger partial charge on any atom is -0.494 e. The number of hydroxylamine groups is 2. The first kappa shape index (κ1) is 22.0. The van der Waals surface area contributed by atoms with Gasteiger partial charge in [-0.3, -0.25) is 15.0 Å². The van der Waals surface area contributed by atoms with Crippen molar-refractivity contribution >= 4 is 50.9 Å². The van der Waals surface area contributed by atoms with Gasteiger partial charge in [-0.25, -0.2) is 15.0 Å². The molecule has 3 aromatic rings. The second kappa shape index (κ2) is 9.09. The van der Waals surface area contributed by atoms with Gasteiger partial charge < -0.3 is 15.8 Å². The van der Waals surface area contributed by atoms with E-state index in [0.29, 0.717) is 41.5 Å². The highest BCUT2D eigenvalue weighted by Crippen LogP contribution is 2.41. The molecule has 1 atom stereocenters. The van der Waals surface area contributed by atoms with Crippen LogP contribution in [0.2, 0.25) is 0 Å². The fourth-order valence-corrected chi connectivity index (χ4v) is 5.41. The summed E-state index contributed by atoms with van der Waals surface area (Å²) >= 11 is 1.61. The molecule has 168 valence electrons. The van der Waals surface area contributed by atoms with Crippen molar-refractivity contribution in [3.63, 3.8) is 0 Å². The van der Waals surface area contributed by atoms with E-state index in [0.717, 1.165) is 23.1 Å². The molecule has 1 aliphatic rings. The van der Waals surface area contributed by atoms with E-state index in [9.17, 15) is 4.79 Å². The Morgan fingerprint density at radius 1 is 1.41 bits per heavy atom. The molecular weight excluding hydrogens is 428 g/mol. The number of fused-ring (bicyclic) bond motifs is 3. The van der Waals surface area contributed by atoms with Crippen molar-refractivity contribution < 1.29 is 19.8 Å². The summed E-state index contributed by atoms with van der Waals surface area (Å²) in [7, 11) is 3.12. The fourth-order valence-electron chi connectivity index (χ4n) is 4.15. The first-order valence-corrected chi connectivity index (χ1v) is 11.2. The van der Waals surface area contributed by atoms with Gasteiger partial charge in [0, 0.05) is 29.1 Å². The van der Waals surface area contributed by atoms with Crippen LogP contribution in [0.25, 0.3) is 10.2 Å². The third kappa shape index (κ3) is 3.87. The second-order valence-corrected chi connectivity index (χ2v) is 8.62. The number of aryl methyl sites for hydroxylation is 1. The molecule has 0 bridgehead atoms. The van der Waals surface area contributed by atoms with E-state index in [4.69, 9.17) is 20.7 Å². The predicted molar refractivity (Wildman–Crippen MR) is 125 cm³/mol. The number of rotatable bonds is 7. The minimum atomic E-state index is -0.0975. The molecule has 32 heavy (non-hydrogen) atoms. The summed E-state index contributed by atoms with van der Waals surface area (Å²) in [5.74, 6) is 1.21. The minimum absolute atomic E-state index is 0.0275. The fraction of sp³-hybridized carbons (Fsp3) is 0.364. The van der Waals surface area contributed by atoms with Crippen molar-refractivity contribution in [3.05, 3.63) is 34.5 Å². The van der Waals surface area contributed by atoms with Crippen molar-refractivity contribution in [2.24, 2.45) is 5.92 Å². The van der Waals surface area contributed by atoms with Crippen molar-refractivity contribution in [1.82, 2.24) is 15.0 Å².